The summed E-state index contributed by atoms with van der Waals surface area (Å²) in [5.41, 5.74) is 7.12. The highest BCUT2D eigenvalue weighted by molar-refractivity contribution is 6.35. The fraction of sp³-hybridized carbons (Fsp3) is 0.100. The number of carbonyl (C=O) groups excluding carboxylic acids is 1. The molecule has 0 saturated heterocycles. The second-order valence-corrected chi connectivity index (χ2v) is 3.43. The first-order valence-electron chi connectivity index (χ1n) is 3.95. The summed E-state index contributed by atoms with van der Waals surface area (Å²) in [5, 5.41) is 0.508. The Bertz CT molecular complexity index is 398. The van der Waals surface area contributed by atoms with Gasteiger partial charge in [0.1, 0.15) is 0 Å². The summed E-state index contributed by atoms with van der Waals surface area (Å²) in [5.74, 6) is -0.843. The topological polar surface area (TPSA) is 43.1 Å². The molecule has 1 aromatic rings. The predicted molar refractivity (Wildman–Crippen MR) is 52.2 cm³/mol. The molecule has 1 unspecified atom stereocenters. The third kappa shape index (κ3) is 1.23. The molecule has 66 valence electrons. The van der Waals surface area contributed by atoms with Crippen LogP contribution in [0.25, 0.3) is 6.08 Å². The van der Waals surface area contributed by atoms with Crippen molar-refractivity contribution in [3.05, 3.63) is 40.4 Å². The van der Waals surface area contributed by atoms with Crippen molar-refractivity contribution < 1.29 is 4.79 Å². The number of benzene rings is 1. The molecule has 0 spiro atoms. The van der Waals surface area contributed by atoms with Gasteiger partial charge in [-0.3, -0.25) is 4.79 Å². The zero-order valence-corrected chi connectivity index (χ0v) is 7.58. The smallest absolute Gasteiger partial charge is 0.230 e. The Balaban J connectivity index is 2.55. The van der Waals surface area contributed by atoms with Gasteiger partial charge >= 0.3 is 0 Å². The van der Waals surface area contributed by atoms with Gasteiger partial charge in [-0.15, -0.1) is 0 Å². The predicted octanol–water partition coefficient (Wildman–Crippen LogP) is 1.85. The SMILES string of the molecule is NC(=O)C1C(Cl)=Cc2ccccc21. The summed E-state index contributed by atoms with van der Waals surface area (Å²) in [6.45, 7) is 0. The number of rotatable bonds is 1. The lowest BCUT2D eigenvalue weighted by Crippen LogP contribution is -2.20. The van der Waals surface area contributed by atoms with Gasteiger partial charge in [0.2, 0.25) is 5.91 Å². The number of fused-ring (bicyclic) bond motifs is 1. The number of hydrogen-bond donors (Lipinski definition) is 1. The van der Waals surface area contributed by atoms with Gasteiger partial charge in [0, 0.05) is 5.03 Å². The van der Waals surface area contributed by atoms with Gasteiger partial charge in [-0.2, -0.15) is 0 Å². The molecule has 1 aliphatic carbocycles. The summed E-state index contributed by atoms with van der Waals surface area (Å²) >= 11 is 5.90. The maximum absolute atomic E-state index is 11.1. The fourth-order valence-electron chi connectivity index (χ4n) is 1.57. The third-order valence-electron chi connectivity index (χ3n) is 2.16. The first kappa shape index (κ1) is 8.32. The van der Waals surface area contributed by atoms with Gasteiger partial charge < -0.3 is 5.73 Å². The molecule has 0 heterocycles. The van der Waals surface area contributed by atoms with Crippen molar-refractivity contribution in [2.45, 2.75) is 5.92 Å². The highest BCUT2D eigenvalue weighted by atomic mass is 35.5. The Kier molecular flexibility index (Phi) is 1.85. The number of nitrogens with two attached hydrogens (primary N) is 1. The van der Waals surface area contributed by atoms with Crippen LogP contribution in [-0.4, -0.2) is 5.91 Å². The Morgan fingerprint density at radius 3 is 2.77 bits per heavy atom. The average Bonchev–Trinajstić information content (AvgIpc) is 2.39. The molecule has 0 aliphatic heterocycles. The quantitative estimate of drug-likeness (QED) is 0.727. The van der Waals surface area contributed by atoms with Crippen molar-refractivity contribution >= 4 is 23.6 Å². The van der Waals surface area contributed by atoms with Crippen LogP contribution in [0.2, 0.25) is 0 Å². The lowest BCUT2D eigenvalue weighted by atomic mass is 10.0. The van der Waals surface area contributed by atoms with Gasteiger partial charge in [0.05, 0.1) is 5.92 Å². The minimum absolute atomic E-state index is 0.397. The minimum atomic E-state index is -0.446. The molecule has 0 radical (unpaired) electrons. The highest BCUT2D eigenvalue weighted by Crippen LogP contribution is 2.37. The molecule has 0 aromatic heterocycles. The standard InChI is InChI=1S/C10H8ClNO/c11-8-5-6-3-1-2-4-7(6)9(8)10(12)13/h1-5,9H,(H2,12,13). The molecule has 0 fully saturated rings. The molecule has 2 rings (SSSR count). The number of hydrogen-bond acceptors (Lipinski definition) is 1. The maximum Gasteiger partial charge on any atom is 0.230 e. The Hall–Kier alpha value is -1.28. The minimum Gasteiger partial charge on any atom is -0.369 e. The molecule has 1 atom stereocenters. The zero-order chi connectivity index (χ0) is 9.42. The van der Waals surface area contributed by atoms with Crippen LogP contribution in [0.5, 0.6) is 0 Å². The van der Waals surface area contributed by atoms with E-state index in [0.29, 0.717) is 5.03 Å². The second kappa shape index (κ2) is 2.89. The van der Waals surface area contributed by atoms with Gasteiger partial charge in [0.25, 0.3) is 0 Å². The second-order valence-electron chi connectivity index (χ2n) is 2.99. The number of carbonyl (C=O) groups is 1. The molecular formula is C10H8ClNO. The van der Waals surface area contributed by atoms with Crippen molar-refractivity contribution in [2.24, 2.45) is 5.73 Å². The van der Waals surface area contributed by atoms with Gasteiger partial charge in [-0.25, -0.2) is 0 Å². The molecular weight excluding hydrogens is 186 g/mol. The summed E-state index contributed by atoms with van der Waals surface area (Å²) < 4.78 is 0. The number of halogens is 1. The van der Waals surface area contributed by atoms with E-state index in [1.54, 1.807) is 6.08 Å². The van der Waals surface area contributed by atoms with E-state index in [4.69, 9.17) is 17.3 Å². The highest BCUT2D eigenvalue weighted by Gasteiger charge is 2.28. The van der Waals surface area contributed by atoms with Crippen molar-refractivity contribution in [3.63, 3.8) is 0 Å². The first-order valence-corrected chi connectivity index (χ1v) is 4.33. The normalized spacial score (nSPS) is 19.5. The van der Waals surface area contributed by atoms with E-state index < -0.39 is 11.8 Å². The van der Waals surface area contributed by atoms with Crippen molar-refractivity contribution in [1.82, 2.24) is 0 Å². The van der Waals surface area contributed by atoms with Gasteiger partial charge in [-0.1, -0.05) is 35.9 Å². The summed E-state index contributed by atoms with van der Waals surface area (Å²) in [4.78, 5) is 11.1. The van der Waals surface area contributed by atoms with Crippen LogP contribution in [0, 0.1) is 0 Å². The lowest BCUT2D eigenvalue weighted by molar-refractivity contribution is -0.118. The first-order chi connectivity index (χ1) is 6.20. The molecule has 2 N–H and O–H groups in total. The number of amides is 1. The average molecular weight is 194 g/mol. The van der Waals surface area contributed by atoms with Gasteiger partial charge in [0.15, 0.2) is 0 Å². The Morgan fingerprint density at radius 1 is 1.38 bits per heavy atom. The van der Waals surface area contributed by atoms with Crippen molar-refractivity contribution in [3.8, 4) is 0 Å². The van der Waals surface area contributed by atoms with Crippen LogP contribution in [0.1, 0.15) is 17.0 Å². The molecule has 1 aliphatic rings. The van der Waals surface area contributed by atoms with Crippen LogP contribution < -0.4 is 5.73 Å². The summed E-state index contributed by atoms with van der Waals surface area (Å²) in [7, 11) is 0. The van der Waals surface area contributed by atoms with Crippen molar-refractivity contribution in [1.29, 1.82) is 0 Å². The molecule has 0 saturated carbocycles. The molecule has 1 amide bonds. The van der Waals surface area contributed by atoms with E-state index in [9.17, 15) is 4.79 Å². The molecule has 3 heteroatoms. The summed E-state index contributed by atoms with van der Waals surface area (Å²) in [6, 6.07) is 7.57. The van der Waals surface area contributed by atoms with Gasteiger partial charge in [-0.05, 0) is 17.2 Å². The third-order valence-corrected chi connectivity index (χ3v) is 2.49. The van der Waals surface area contributed by atoms with Crippen LogP contribution in [0.3, 0.4) is 0 Å². The monoisotopic (exact) mass is 193 g/mol. The lowest BCUT2D eigenvalue weighted by Gasteiger charge is -2.07. The molecule has 2 nitrogen and oxygen atoms in total. The van der Waals surface area contributed by atoms with Crippen molar-refractivity contribution in [2.75, 3.05) is 0 Å². The van der Waals surface area contributed by atoms with E-state index in [2.05, 4.69) is 0 Å². The molecule has 0 bridgehead atoms. The van der Waals surface area contributed by atoms with E-state index >= 15 is 0 Å². The largest absolute Gasteiger partial charge is 0.369 e. The molecule has 1 aromatic carbocycles. The Labute approximate surface area is 81.0 Å². The number of primary amides is 1. The fourth-order valence-corrected chi connectivity index (χ4v) is 1.92. The van der Waals surface area contributed by atoms with Crippen LogP contribution in [0.15, 0.2) is 29.3 Å². The van der Waals surface area contributed by atoms with E-state index in [1.807, 2.05) is 24.3 Å². The van der Waals surface area contributed by atoms with Crippen LogP contribution >= 0.6 is 11.6 Å². The van der Waals surface area contributed by atoms with Crippen LogP contribution in [0.4, 0.5) is 0 Å². The Morgan fingerprint density at radius 2 is 2.08 bits per heavy atom. The van der Waals surface area contributed by atoms with E-state index in [1.165, 1.54) is 0 Å². The summed E-state index contributed by atoms with van der Waals surface area (Å²) in [6.07, 6.45) is 1.78. The molecule has 13 heavy (non-hydrogen) atoms. The van der Waals surface area contributed by atoms with E-state index in [-0.39, 0.29) is 0 Å². The van der Waals surface area contributed by atoms with Crippen LogP contribution in [-0.2, 0) is 4.79 Å². The van der Waals surface area contributed by atoms with E-state index in [0.717, 1.165) is 11.1 Å². The zero-order valence-electron chi connectivity index (χ0n) is 6.83. The maximum atomic E-state index is 11.1.